The number of piperidine rings is 2. The van der Waals surface area contributed by atoms with Crippen molar-refractivity contribution in [3.8, 4) is 22.4 Å². The van der Waals surface area contributed by atoms with Crippen molar-refractivity contribution in [1.82, 2.24) is 24.6 Å². The summed E-state index contributed by atoms with van der Waals surface area (Å²) in [6.45, 7) is 3.54. The smallest absolute Gasteiger partial charge is 0.254 e. The van der Waals surface area contributed by atoms with Gasteiger partial charge < -0.3 is 20.6 Å². The second-order valence-corrected chi connectivity index (χ2v) is 13.4. The Labute approximate surface area is 249 Å². The number of likely N-dealkylation sites (tertiary alicyclic amines) is 2. The average Bonchev–Trinajstić information content (AvgIpc) is 3.43. The molecular formula is C30H34BrN6O3P. The number of amides is 2. The zero-order chi connectivity index (χ0) is 28.7. The van der Waals surface area contributed by atoms with Crippen LogP contribution in [0.5, 0.6) is 0 Å². The van der Waals surface area contributed by atoms with Crippen LogP contribution >= 0.6 is 24.5 Å². The second kappa shape index (κ2) is 11.3. The molecule has 0 aliphatic carbocycles. The summed E-state index contributed by atoms with van der Waals surface area (Å²) in [5.74, 6) is 0.728. The van der Waals surface area contributed by atoms with Crippen molar-refractivity contribution >= 4 is 47.6 Å². The van der Waals surface area contributed by atoms with Crippen molar-refractivity contribution < 1.29 is 14.7 Å². The first-order valence-electron chi connectivity index (χ1n) is 14.0. The van der Waals surface area contributed by atoms with Crippen LogP contribution in [0.25, 0.3) is 28.2 Å². The summed E-state index contributed by atoms with van der Waals surface area (Å²) >= 11 is 3.79. The predicted molar refractivity (Wildman–Crippen MR) is 165 cm³/mol. The van der Waals surface area contributed by atoms with Crippen molar-refractivity contribution in [3.05, 3.63) is 59.3 Å². The van der Waals surface area contributed by atoms with Crippen molar-refractivity contribution in [3.63, 3.8) is 0 Å². The van der Waals surface area contributed by atoms with Gasteiger partial charge in [0.2, 0.25) is 5.91 Å². The molecule has 214 valence electrons. The molecule has 2 unspecified atom stereocenters. The van der Waals surface area contributed by atoms with Gasteiger partial charge in [0.15, 0.2) is 0 Å². The molecule has 3 aliphatic rings. The van der Waals surface area contributed by atoms with Crippen LogP contribution in [0, 0.1) is 5.92 Å². The van der Waals surface area contributed by atoms with Crippen LogP contribution < -0.4 is 11.2 Å². The molecule has 6 rings (SSSR count). The van der Waals surface area contributed by atoms with Gasteiger partial charge in [-0.15, -0.1) is 0 Å². The molecular weight excluding hydrogens is 603 g/mol. The lowest BCUT2D eigenvalue weighted by molar-refractivity contribution is -0.159. The van der Waals surface area contributed by atoms with Crippen LogP contribution in [0.2, 0.25) is 0 Å². The van der Waals surface area contributed by atoms with E-state index in [2.05, 4.69) is 39.2 Å². The highest BCUT2D eigenvalue weighted by Crippen LogP contribution is 2.45. The second-order valence-electron chi connectivity index (χ2n) is 11.1. The normalized spacial score (nSPS) is 21.7. The van der Waals surface area contributed by atoms with Gasteiger partial charge in [-0.1, -0.05) is 60.9 Å². The largest absolute Gasteiger partial charge is 0.383 e. The van der Waals surface area contributed by atoms with Crippen molar-refractivity contribution in [2.75, 3.05) is 26.2 Å². The predicted octanol–water partition coefficient (Wildman–Crippen LogP) is 3.39. The van der Waals surface area contributed by atoms with Crippen LogP contribution in [0.3, 0.4) is 0 Å². The van der Waals surface area contributed by atoms with Crippen molar-refractivity contribution in [2.45, 2.75) is 43.9 Å². The third-order valence-electron chi connectivity index (χ3n) is 8.68. The quantitative estimate of drug-likeness (QED) is 0.424. The van der Waals surface area contributed by atoms with Gasteiger partial charge in [0.05, 0.1) is 17.3 Å². The molecule has 0 saturated carbocycles. The molecule has 0 spiro atoms. The van der Waals surface area contributed by atoms with E-state index in [4.69, 9.17) is 10.7 Å². The van der Waals surface area contributed by atoms with Gasteiger partial charge in [-0.05, 0) is 24.8 Å². The molecule has 1 aromatic carbocycles. The number of carbonyl (C=O) groups is 2. The topological polar surface area (TPSA) is 118 Å². The van der Waals surface area contributed by atoms with E-state index in [-0.39, 0.29) is 30.3 Å². The van der Waals surface area contributed by atoms with Crippen molar-refractivity contribution in [1.29, 1.82) is 0 Å². The lowest BCUT2D eigenvalue weighted by atomic mass is 9.87. The standard InChI is InChI=1S/C30H34BrN6O3P/c1-19(38)35-15-11-30(40,12-16-35)29(39)36-13-9-21(10-14-36)26-25(31)27(32)37-28(41-26)23(18-34-37)22-7-8-24(33-17-22)20-5-3-2-4-6-20/h2-8,17-18,21,26,40-41H,9-16,32H2,1H3. The lowest BCUT2D eigenvalue weighted by Crippen LogP contribution is -2.57. The molecule has 5 heterocycles. The van der Waals surface area contributed by atoms with Gasteiger partial charge in [-0.2, -0.15) is 5.10 Å². The molecule has 9 nitrogen and oxygen atoms in total. The van der Waals surface area contributed by atoms with E-state index in [1.54, 1.807) is 4.90 Å². The van der Waals surface area contributed by atoms with Gasteiger partial charge in [0.1, 0.15) is 11.4 Å². The Bertz CT molecular complexity index is 1480. The molecule has 2 aromatic heterocycles. The number of allylic oxidation sites excluding steroid dienone is 1. The molecule has 0 bridgehead atoms. The maximum absolute atomic E-state index is 13.3. The minimum atomic E-state index is -1.39. The number of nitrogens with zero attached hydrogens (tertiary/aromatic N) is 5. The average molecular weight is 638 g/mol. The number of aliphatic hydroxyl groups is 1. The Hall–Kier alpha value is -3.07. The molecule has 3 aliphatic heterocycles. The molecule has 2 fully saturated rings. The van der Waals surface area contributed by atoms with E-state index in [0.717, 1.165) is 45.1 Å². The highest BCUT2D eigenvalue weighted by atomic mass is 79.9. The van der Waals surface area contributed by atoms with E-state index in [0.29, 0.717) is 46.5 Å². The summed E-state index contributed by atoms with van der Waals surface area (Å²) in [7, 11) is 0.457. The molecule has 2 saturated heterocycles. The number of fused-ring (bicyclic) bond motifs is 1. The number of nitrogens with two attached hydrogens (primary N) is 1. The highest BCUT2D eigenvalue weighted by molar-refractivity contribution is 9.12. The number of carbonyl (C=O) groups excluding carboxylic acids is 2. The summed E-state index contributed by atoms with van der Waals surface area (Å²) in [4.78, 5) is 33.2. The third kappa shape index (κ3) is 5.33. The lowest BCUT2D eigenvalue weighted by Gasteiger charge is -2.43. The van der Waals surface area contributed by atoms with E-state index >= 15 is 0 Å². The number of hydrogen-bond acceptors (Lipinski definition) is 6. The zero-order valence-electron chi connectivity index (χ0n) is 23.0. The first-order valence-corrected chi connectivity index (χ1v) is 15.9. The minimum absolute atomic E-state index is 0.0171. The number of rotatable bonds is 4. The summed E-state index contributed by atoms with van der Waals surface area (Å²) in [6.07, 6.45) is 6.01. The Morgan fingerprint density at radius 3 is 2.34 bits per heavy atom. The van der Waals surface area contributed by atoms with E-state index in [1.165, 1.54) is 6.92 Å². The van der Waals surface area contributed by atoms with Crippen LogP contribution in [-0.2, 0) is 9.59 Å². The first-order chi connectivity index (χ1) is 19.7. The monoisotopic (exact) mass is 636 g/mol. The number of pyridine rings is 1. The molecule has 0 radical (unpaired) electrons. The fourth-order valence-electron chi connectivity index (χ4n) is 6.15. The van der Waals surface area contributed by atoms with Gasteiger partial charge in [-0.25, -0.2) is 4.68 Å². The summed E-state index contributed by atoms with van der Waals surface area (Å²) in [5, 5.41) is 15.7. The zero-order valence-corrected chi connectivity index (χ0v) is 25.5. The summed E-state index contributed by atoms with van der Waals surface area (Å²) in [5.41, 5.74) is 10.6. The number of hydrogen-bond donors (Lipinski definition) is 2. The molecule has 3 N–H and O–H groups in total. The van der Waals surface area contributed by atoms with Crippen LogP contribution in [0.1, 0.15) is 32.6 Å². The Morgan fingerprint density at radius 1 is 1.00 bits per heavy atom. The van der Waals surface area contributed by atoms with Crippen molar-refractivity contribution in [2.24, 2.45) is 11.7 Å². The van der Waals surface area contributed by atoms with Crippen LogP contribution in [0.15, 0.2) is 59.3 Å². The molecule has 11 heteroatoms. The first kappa shape index (κ1) is 28.1. The molecule has 3 aromatic rings. The van der Waals surface area contributed by atoms with E-state index < -0.39 is 5.60 Å². The van der Waals surface area contributed by atoms with E-state index in [9.17, 15) is 14.7 Å². The summed E-state index contributed by atoms with van der Waals surface area (Å²) < 4.78 is 2.80. The molecule has 2 atom stereocenters. The maximum Gasteiger partial charge on any atom is 0.254 e. The molecule has 2 amide bonds. The third-order valence-corrected chi connectivity index (χ3v) is 11.8. The highest BCUT2D eigenvalue weighted by Gasteiger charge is 2.44. The SMILES string of the molecule is CC(=O)N1CCC(O)(C(=O)N2CCC(C3Pc4c(-c5ccc(-c6ccccc6)nc5)cnn4C(N)=C3Br)CC2)CC1. The minimum Gasteiger partial charge on any atom is -0.383 e. The van der Waals surface area contributed by atoms with E-state index in [1.807, 2.05) is 46.2 Å². The Morgan fingerprint density at radius 2 is 1.71 bits per heavy atom. The maximum atomic E-state index is 13.3. The molecule has 41 heavy (non-hydrogen) atoms. The fraction of sp³-hybridized carbons (Fsp3) is 0.400. The van der Waals surface area contributed by atoms with Crippen LogP contribution in [-0.4, -0.2) is 78.9 Å². The van der Waals surface area contributed by atoms with Crippen LogP contribution in [0.4, 0.5) is 0 Å². The number of aromatic nitrogens is 3. The number of halogens is 1. The Kier molecular flexibility index (Phi) is 7.74. The van der Waals surface area contributed by atoms with Gasteiger partial charge in [-0.3, -0.25) is 14.6 Å². The fourth-order valence-corrected chi connectivity index (χ4v) is 8.83. The number of benzene rings is 1. The Balaban J connectivity index is 1.14. The summed E-state index contributed by atoms with van der Waals surface area (Å²) in [6, 6.07) is 14.2. The van der Waals surface area contributed by atoms with Gasteiger partial charge >= 0.3 is 0 Å². The van der Waals surface area contributed by atoms with Gasteiger partial charge in [0, 0.05) is 79.0 Å². The van der Waals surface area contributed by atoms with Gasteiger partial charge in [0.25, 0.3) is 5.91 Å².